The molecule has 5 unspecified atom stereocenters. The fraction of sp³-hybridized carbons (Fsp3) is 0.545. The van der Waals surface area contributed by atoms with Crippen LogP contribution in [0.3, 0.4) is 0 Å². The number of nitro groups is 4. The second-order valence-corrected chi connectivity index (χ2v) is 12.6. The van der Waals surface area contributed by atoms with Crippen LogP contribution in [0.25, 0.3) is 21.9 Å². The molecule has 26 nitrogen and oxygen atoms in total. The standard InChI is InChI=1S/C18H24N4O18.C15H14O4/c23-11(1-5-19(28)29)36-9-10-15(38-12(24)2-6-20(30)31)16(39-13(25)3-7-21(32)33)17(18(27)37-10)40-14(26)4-8-22(34)35;1-8(2)14-15(17-3)10-6-9-4-5-13(16)18-11(9)7-12(10)19-14/h10,15-18,27H,1-9H2;4-8H,1-3H3. The first kappa shape index (κ1) is 46.6. The average molecular weight is 843 g/mol. The van der Waals surface area contributed by atoms with Crippen molar-refractivity contribution in [3.05, 3.63) is 80.9 Å². The molecule has 3 heterocycles. The van der Waals surface area contributed by atoms with Gasteiger partial charge in [0.25, 0.3) is 0 Å². The number of ether oxygens (including phenoxy) is 6. The summed E-state index contributed by atoms with van der Waals surface area (Å²) in [6, 6.07) is 6.80. The Labute approximate surface area is 329 Å². The summed E-state index contributed by atoms with van der Waals surface area (Å²) in [4.78, 5) is 98.5. The SMILES string of the molecule is COc1c(C(C)C)oc2cc3oc(=O)ccc3cc12.O=C(CC[N+](=O)[O-])OCC1OC(O)C(OC(=O)CC[N+](=O)[O-])C(OC(=O)CC[N+](=O)[O-])C1OC(=O)CC[N+](=O)[O-]. The van der Waals surface area contributed by atoms with Crippen molar-refractivity contribution in [1.82, 2.24) is 0 Å². The van der Waals surface area contributed by atoms with Gasteiger partial charge in [0.15, 0.2) is 30.4 Å². The Morgan fingerprint density at radius 3 is 1.69 bits per heavy atom. The van der Waals surface area contributed by atoms with E-state index in [-0.39, 0.29) is 11.5 Å². The van der Waals surface area contributed by atoms with Gasteiger partial charge in [-0.2, -0.15) is 0 Å². The highest BCUT2D eigenvalue weighted by Crippen LogP contribution is 2.39. The summed E-state index contributed by atoms with van der Waals surface area (Å²) in [6.45, 7) is -0.375. The van der Waals surface area contributed by atoms with E-state index in [0.717, 1.165) is 22.3 Å². The van der Waals surface area contributed by atoms with Crippen molar-refractivity contribution in [1.29, 1.82) is 0 Å². The van der Waals surface area contributed by atoms with Gasteiger partial charge in [0.2, 0.25) is 26.2 Å². The molecule has 1 fully saturated rings. The molecule has 2 aromatic heterocycles. The number of hydrogen-bond acceptors (Lipinski definition) is 22. The maximum Gasteiger partial charge on any atom is 0.336 e. The zero-order valence-electron chi connectivity index (χ0n) is 31.4. The molecule has 26 heteroatoms. The molecule has 0 amide bonds. The van der Waals surface area contributed by atoms with Crippen molar-refractivity contribution in [2.45, 2.75) is 76.2 Å². The number of carbonyl (C=O) groups excluding carboxylic acids is 4. The molecular weight excluding hydrogens is 804 g/mol. The predicted octanol–water partition coefficient (Wildman–Crippen LogP) is 1.32. The first-order valence-electron chi connectivity index (χ1n) is 17.4. The molecule has 0 bridgehead atoms. The van der Waals surface area contributed by atoms with Gasteiger partial charge in [0, 0.05) is 43.1 Å². The molecule has 1 saturated heterocycles. The first-order chi connectivity index (χ1) is 27.8. The third-order valence-corrected chi connectivity index (χ3v) is 7.95. The Balaban J connectivity index is 0.000000401. The number of benzene rings is 1. The van der Waals surface area contributed by atoms with Crippen molar-refractivity contribution in [2.75, 3.05) is 39.9 Å². The minimum atomic E-state index is -2.22. The van der Waals surface area contributed by atoms with Gasteiger partial charge < -0.3 is 42.4 Å². The van der Waals surface area contributed by atoms with E-state index >= 15 is 0 Å². The van der Waals surface area contributed by atoms with Gasteiger partial charge in [-0.25, -0.2) is 4.79 Å². The highest BCUT2D eigenvalue weighted by molar-refractivity contribution is 5.97. The van der Waals surface area contributed by atoms with Gasteiger partial charge >= 0.3 is 29.5 Å². The van der Waals surface area contributed by atoms with E-state index in [0.29, 0.717) is 11.2 Å². The van der Waals surface area contributed by atoms with Crippen LogP contribution in [-0.2, 0) is 42.9 Å². The molecule has 1 aliphatic heterocycles. The number of hydrogen-bond donors (Lipinski definition) is 1. The topological polar surface area (TPSA) is 360 Å². The summed E-state index contributed by atoms with van der Waals surface area (Å²) in [5.41, 5.74) is 0.823. The largest absolute Gasteiger partial charge is 0.492 e. The molecule has 3 aromatic rings. The smallest absolute Gasteiger partial charge is 0.336 e. The molecule has 0 saturated carbocycles. The van der Waals surface area contributed by atoms with E-state index in [2.05, 4.69) is 0 Å². The number of carbonyl (C=O) groups is 4. The number of esters is 4. The molecule has 59 heavy (non-hydrogen) atoms. The summed E-state index contributed by atoms with van der Waals surface area (Å²) in [6.07, 6.45) is -13.2. The van der Waals surface area contributed by atoms with E-state index in [1.807, 2.05) is 19.9 Å². The average Bonchev–Trinajstić information content (AvgIpc) is 3.53. The lowest BCUT2D eigenvalue weighted by atomic mass is 9.98. The minimum absolute atomic E-state index is 0.220. The number of furan rings is 1. The lowest BCUT2D eigenvalue weighted by Crippen LogP contribution is -2.62. The highest BCUT2D eigenvalue weighted by Gasteiger charge is 2.52. The van der Waals surface area contributed by atoms with E-state index in [1.54, 1.807) is 19.2 Å². The van der Waals surface area contributed by atoms with E-state index < -0.39 is 133 Å². The highest BCUT2D eigenvalue weighted by atomic mass is 16.7. The van der Waals surface area contributed by atoms with Crippen LogP contribution in [0.5, 0.6) is 5.75 Å². The quantitative estimate of drug-likeness (QED) is 0.0584. The molecule has 322 valence electrons. The normalized spacial score (nSPS) is 18.6. The monoisotopic (exact) mass is 842 g/mol. The van der Waals surface area contributed by atoms with Gasteiger partial charge in [0.1, 0.15) is 55.3 Å². The fourth-order valence-corrected chi connectivity index (χ4v) is 5.29. The van der Waals surface area contributed by atoms with Crippen LogP contribution in [-0.4, -0.2) is 119 Å². The summed E-state index contributed by atoms with van der Waals surface area (Å²) in [5.74, 6) is -3.29. The Bertz CT molecular complexity index is 2090. The van der Waals surface area contributed by atoms with Crippen LogP contribution in [0.1, 0.15) is 51.2 Å². The molecule has 0 spiro atoms. The number of fused-ring (bicyclic) bond motifs is 2. The van der Waals surface area contributed by atoms with Crippen molar-refractivity contribution in [3.63, 3.8) is 0 Å². The second kappa shape index (κ2) is 21.6. The third-order valence-electron chi connectivity index (χ3n) is 7.95. The fourth-order valence-electron chi connectivity index (χ4n) is 5.29. The predicted molar refractivity (Wildman–Crippen MR) is 190 cm³/mol. The van der Waals surface area contributed by atoms with Gasteiger partial charge in [-0.1, -0.05) is 13.8 Å². The lowest BCUT2D eigenvalue weighted by Gasteiger charge is -2.42. The summed E-state index contributed by atoms with van der Waals surface area (Å²) < 4.78 is 41.5. The minimum Gasteiger partial charge on any atom is -0.492 e. The van der Waals surface area contributed by atoms with Crippen molar-refractivity contribution in [3.8, 4) is 5.75 Å². The summed E-state index contributed by atoms with van der Waals surface area (Å²) in [7, 11) is 1.63. The third kappa shape index (κ3) is 14.3. The Kier molecular flexibility index (Phi) is 17.1. The van der Waals surface area contributed by atoms with Crippen molar-refractivity contribution in [2.24, 2.45) is 0 Å². The maximum atomic E-state index is 12.3. The number of methoxy groups -OCH3 is 1. The van der Waals surface area contributed by atoms with Crippen LogP contribution < -0.4 is 10.4 Å². The van der Waals surface area contributed by atoms with E-state index in [4.69, 9.17) is 37.3 Å². The van der Waals surface area contributed by atoms with Crippen molar-refractivity contribution < 1.29 is 81.2 Å². The van der Waals surface area contributed by atoms with E-state index in [1.165, 1.54) is 6.07 Å². The molecule has 1 N–H and O–H groups in total. The summed E-state index contributed by atoms with van der Waals surface area (Å²) in [5, 5.41) is 54.4. The van der Waals surface area contributed by atoms with Crippen LogP contribution in [0.4, 0.5) is 0 Å². The maximum absolute atomic E-state index is 12.3. The number of aliphatic hydroxyl groups excluding tert-OH is 1. The molecule has 0 radical (unpaired) electrons. The first-order valence-corrected chi connectivity index (χ1v) is 17.4. The van der Waals surface area contributed by atoms with Crippen LogP contribution in [0.15, 0.2) is 37.9 Å². The number of rotatable bonds is 19. The Morgan fingerprint density at radius 1 is 0.712 bits per heavy atom. The number of aliphatic hydroxyl groups is 1. The zero-order valence-corrected chi connectivity index (χ0v) is 31.4. The molecule has 5 atom stereocenters. The van der Waals surface area contributed by atoms with Gasteiger partial charge in [-0.15, -0.1) is 0 Å². The molecule has 1 aliphatic rings. The molecular formula is C33H38N4O22. The summed E-state index contributed by atoms with van der Waals surface area (Å²) >= 11 is 0. The van der Waals surface area contributed by atoms with Crippen molar-refractivity contribution >= 4 is 45.8 Å². The Hall–Kier alpha value is -6.83. The molecule has 1 aromatic carbocycles. The second-order valence-electron chi connectivity index (χ2n) is 12.6. The Morgan fingerprint density at radius 2 is 1.20 bits per heavy atom. The van der Waals surface area contributed by atoms with E-state index in [9.17, 15) is 69.5 Å². The lowest BCUT2D eigenvalue weighted by molar-refractivity contribution is -0.479. The van der Waals surface area contributed by atoms with Gasteiger partial charge in [-0.3, -0.25) is 59.6 Å². The molecule has 4 rings (SSSR count). The zero-order chi connectivity index (χ0) is 44.0. The van der Waals surface area contributed by atoms with Crippen LogP contribution in [0.2, 0.25) is 0 Å². The molecule has 0 aliphatic carbocycles. The van der Waals surface area contributed by atoms with Crippen LogP contribution >= 0.6 is 0 Å². The van der Waals surface area contributed by atoms with Gasteiger partial charge in [-0.05, 0) is 12.1 Å². The number of nitrogens with zero attached hydrogens (tertiary/aromatic N) is 4. The van der Waals surface area contributed by atoms with Crippen LogP contribution in [0, 0.1) is 40.5 Å². The van der Waals surface area contributed by atoms with Gasteiger partial charge in [0.05, 0.1) is 12.5 Å².